The molecule has 0 saturated carbocycles. The van der Waals surface area contributed by atoms with E-state index in [-0.39, 0.29) is 5.69 Å². The number of hydrogen-bond donors (Lipinski definition) is 1. The second kappa shape index (κ2) is 5.26. The van der Waals surface area contributed by atoms with E-state index in [1.54, 1.807) is 14.0 Å². The maximum absolute atomic E-state index is 10.6. The van der Waals surface area contributed by atoms with Gasteiger partial charge in [-0.05, 0) is 6.92 Å². The lowest BCUT2D eigenvalue weighted by Crippen LogP contribution is -2.09. The topological polar surface area (TPSA) is 77.3 Å². The van der Waals surface area contributed by atoms with Crippen LogP contribution in [0.1, 0.15) is 5.56 Å². The molecule has 0 aliphatic carbocycles. The summed E-state index contributed by atoms with van der Waals surface area (Å²) in [6, 6.07) is 1.42. The molecule has 0 amide bonds. The lowest BCUT2D eigenvalue weighted by molar-refractivity contribution is -0.385. The molecule has 0 radical (unpaired) electrons. The van der Waals surface area contributed by atoms with Crippen LogP contribution in [0.3, 0.4) is 0 Å². The Morgan fingerprint density at radius 1 is 1.67 bits per heavy atom. The Bertz CT molecular complexity index is 354. The first-order chi connectivity index (χ1) is 7.15. The van der Waals surface area contributed by atoms with Gasteiger partial charge in [-0.3, -0.25) is 10.1 Å². The average molecular weight is 211 g/mol. The molecule has 1 aromatic heterocycles. The highest BCUT2D eigenvalue weighted by molar-refractivity contribution is 5.48. The van der Waals surface area contributed by atoms with Crippen molar-refractivity contribution < 1.29 is 9.66 Å². The van der Waals surface area contributed by atoms with E-state index in [0.717, 1.165) is 0 Å². The van der Waals surface area contributed by atoms with E-state index in [0.29, 0.717) is 24.5 Å². The fourth-order valence-electron chi connectivity index (χ4n) is 1.09. The maximum atomic E-state index is 10.6. The van der Waals surface area contributed by atoms with Crippen molar-refractivity contribution in [3.05, 3.63) is 27.9 Å². The third-order valence-corrected chi connectivity index (χ3v) is 1.88. The molecule has 0 bridgehead atoms. The predicted octanol–water partition coefficient (Wildman–Crippen LogP) is 1.36. The van der Waals surface area contributed by atoms with Crippen molar-refractivity contribution in [1.29, 1.82) is 0 Å². The number of ether oxygens (including phenoxy) is 1. The summed E-state index contributed by atoms with van der Waals surface area (Å²) >= 11 is 0. The first-order valence-corrected chi connectivity index (χ1v) is 4.49. The van der Waals surface area contributed by atoms with Gasteiger partial charge in [-0.1, -0.05) is 0 Å². The predicted molar refractivity (Wildman–Crippen MR) is 56.0 cm³/mol. The normalized spacial score (nSPS) is 10.0. The molecule has 0 fully saturated rings. The minimum absolute atomic E-state index is 0.0740. The minimum Gasteiger partial charge on any atom is -0.383 e. The molecule has 1 rings (SSSR count). The van der Waals surface area contributed by atoms with Gasteiger partial charge in [0.2, 0.25) is 0 Å². The molecule has 0 aliphatic heterocycles. The van der Waals surface area contributed by atoms with E-state index in [4.69, 9.17) is 4.74 Å². The lowest BCUT2D eigenvalue weighted by atomic mass is 10.2. The summed E-state index contributed by atoms with van der Waals surface area (Å²) in [6.45, 7) is 2.76. The van der Waals surface area contributed by atoms with Gasteiger partial charge in [0.1, 0.15) is 5.82 Å². The Kier molecular flexibility index (Phi) is 3.99. The highest BCUT2D eigenvalue weighted by Gasteiger charge is 2.11. The molecule has 1 heterocycles. The van der Waals surface area contributed by atoms with E-state index in [1.807, 2.05) is 0 Å². The van der Waals surface area contributed by atoms with Crippen molar-refractivity contribution in [3.63, 3.8) is 0 Å². The monoisotopic (exact) mass is 211 g/mol. The summed E-state index contributed by atoms with van der Waals surface area (Å²) in [4.78, 5) is 14.2. The molecule has 1 aromatic rings. The molecule has 0 saturated heterocycles. The number of anilines is 1. The third kappa shape index (κ3) is 3.17. The van der Waals surface area contributed by atoms with Gasteiger partial charge in [0, 0.05) is 25.4 Å². The summed E-state index contributed by atoms with van der Waals surface area (Å²) in [5, 5.41) is 13.6. The zero-order valence-corrected chi connectivity index (χ0v) is 8.69. The zero-order valence-electron chi connectivity index (χ0n) is 8.69. The number of nitrogens with zero attached hydrogens (tertiary/aromatic N) is 2. The maximum Gasteiger partial charge on any atom is 0.277 e. The summed E-state index contributed by atoms with van der Waals surface area (Å²) in [5.74, 6) is 0.490. The number of rotatable bonds is 5. The van der Waals surface area contributed by atoms with Crippen LogP contribution in [0.15, 0.2) is 12.3 Å². The second-order valence-corrected chi connectivity index (χ2v) is 3.03. The van der Waals surface area contributed by atoms with Gasteiger partial charge in [0.05, 0.1) is 17.6 Å². The molecule has 82 valence electrons. The van der Waals surface area contributed by atoms with Gasteiger partial charge in [0.15, 0.2) is 0 Å². The number of hydrogen-bond acceptors (Lipinski definition) is 5. The van der Waals surface area contributed by atoms with Crippen LogP contribution < -0.4 is 5.32 Å². The van der Waals surface area contributed by atoms with Crippen LogP contribution in [-0.2, 0) is 4.74 Å². The number of methoxy groups -OCH3 is 1. The van der Waals surface area contributed by atoms with Gasteiger partial charge < -0.3 is 10.1 Å². The SMILES string of the molecule is COCCNc1cc([N+](=O)[O-])c(C)cn1. The standard InChI is InChI=1S/C9H13N3O3/c1-7-6-11-9(10-3-4-15-2)5-8(7)12(13)14/h5-6H,3-4H2,1-2H3,(H,10,11). The smallest absolute Gasteiger partial charge is 0.277 e. The van der Waals surface area contributed by atoms with E-state index in [1.165, 1.54) is 12.3 Å². The molecule has 15 heavy (non-hydrogen) atoms. The molecule has 1 N–H and O–H groups in total. The van der Waals surface area contributed by atoms with Crippen molar-refractivity contribution in [2.75, 3.05) is 25.6 Å². The number of nitrogens with one attached hydrogen (secondary N) is 1. The Balaban J connectivity index is 2.74. The van der Waals surface area contributed by atoms with Gasteiger partial charge in [-0.2, -0.15) is 0 Å². The van der Waals surface area contributed by atoms with Crippen LogP contribution >= 0.6 is 0 Å². The molecule has 6 nitrogen and oxygen atoms in total. The molecule has 0 spiro atoms. The molecule has 6 heteroatoms. The fraction of sp³-hybridized carbons (Fsp3) is 0.444. The molecular weight excluding hydrogens is 198 g/mol. The van der Waals surface area contributed by atoms with Crippen molar-refractivity contribution in [1.82, 2.24) is 4.98 Å². The number of nitro groups is 1. The highest BCUT2D eigenvalue weighted by atomic mass is 16.6. The van der Waals surface area contributed by atoms with Crippen LogP contribution in [0, 0.1) is 17.0 Å². The van der Waals surface area contributed by atoms with Gasteiger partial charge in [-0.25, -0.2) is 4.98 Å². The average Bonchev–Trinajstić information content (AvgIpc) is 2.20. The summed E-state index contributed by atoms with van der Waals surface area (Å²) in [5.41, 5.74) is 0.627. The zero-order chi connectivity index (χ0) is 11.3. The molecular formula is C9H13N3O3. The Morgan fingerprint density at radius 3 is 3.00 bits per heavy atom. The Hall–Kier alpha value is -1.69. The van der Waals surface area contributed by atoms with Crippen LogP contribution in [0.5, 0.6) is 0 Å². The lowest BCUT2D eigenvalue weighted by Gasteiger charge is -2.04. The molecule has 0 aliphatic rings. The van der Waals surface area contributed by atoms with Crippen LogP contribution in [0.4, 0.5) is 11.5 Å². The van der Waals surface area contributed by atoms with Crippen molar-refractivity contribution in [2.45, 2.75) is 6.92 Å². The van der Waals surface area contributed by atoms with Crippen molar-refractivity contribution in [2.24, 2.45) is 0 Å². The van der Waals surface area contributed by atoms with E-state index < -0.39 is 4.92 Å². The summed E-state index contributed by atoms with van der Waals surface area (Å²) < 4.78 is 4.84. The Morgan fingerprint density at radius 2 is 2.40 bits per heavy atom. The summed E-state index contributed by atoms with van der Waals surface area (Å²) in [7, 11) is 1.59. The quantitative estimate of drug-likeness (QED) is 0.452. The third-order valence-electron chi connectivity index (χ3n) is 1.88. The van der Waals surface area contributed by atoms with Gasteiger partial charge in [0.25, 0.3) is 5.69 Å². The van der Waals surface area contributed by atoms with Gasteiger partial charge >= 0.3 is 0 Å². The number of aryl methyl sites for hydroxylation is 1. The van der Waals surface area contributed by atoms with Crippen molar-refractivity contribution in [3.8, 4) is 0 Å². The van der Waals surface area contributed by atoms with E-state index in [9.17, 15) is 10.1 Å². The van der Waals surface area contributed by atoms with E-state index >= 15 is 0 Å². The largest absolute Gasteiger partial charge is 0.383 e. The van der Waals surface area contributed by atoms with E-state index in [2.05, 4.69) is 10.3 Å². The number of pyridine rings is 1. The van der Waals surface area contributed by atoms with Crippen LogP contribution in [0.25, 0.3) is 0 Å². The Labute approximate surface area is 87.4 Å². The fourth-order valence-corrected chi connectivity index (χ4v) is 1.09. The van der Waals surface area contributed by atoms with Gasteiger partial charge in [-0.15, -0.1) is 0 Å². The number of aromatic nitrogens is 1. The summed E-state index contributed by atoms with van der Waals surface area (Å²) in [6.07, 6.45) is 1.48. The second-order valence-electron chi connectivity index (χ2n) is 3.03. The molecule has 0 unspecified atom stereocenters. The minimum atomic E-state index is -0.418. The first kappa shape index (κ1) is 11.4. The molecule has 0 aromatic carbocycles. The first-order valence-electron chi connectivity index (χ1n) is 4.49. The van der Waals surface area contributed by atoms with Crippen molar-refractivity contribution >= 4 is 11.5 Å². The highest BCUT2D eigenvalue weighted by Crippen LogP contribution is 2.19. The van der Waals surface area contributed by atoms with Crippen LogP contribution in [-0.4, -0.2) is 30.2 Å². The molecule has 0 atom stereocenters. The van der Waals surface area contributed by atoms with Crippen LogP contribution in [0.2, 0.25) is 0 Å².